The summed E-state index contributed by atoms with van der Waals surface area (Å²) in [5.41, 5.74) is -0.683. The van der Waals surface area contributed by atoms with E-state index in [4.69, 9.17) is 5.11 Å². The van der Waals surface area contributed by atoms with Crippen LogP contribution in [0.2, 0.25) is 0 Å². The Labute approximate surface area is 114 Å². The maximum Gasteiger partial charge on any atom is 0.311 e. The average molecular weight is 268 g/mol. The lowest BCUT2D eigenvalue weighted by molar-refractivity contribution is -0.143. The quantitative estimate of drug-likeness (QED) is 0.787. The highest BCUT2D eigenvalue weighted by molar-refractivity contribution is 5.83. The van der Waals surface area contributed by atoms with Crippen LogP contribution in [0.3, 0.4) is 0 Å². The largest absolute Gasteiger partial charge is 0.481 e. The van der Waals surface area contributed by atoms with Crippen LogP contribution < -0.4 is 5.32 Å². The molecule has 0 aromatic heterocycles. The van der Waals surface area contributed by atoms with Crippen LogP contribution in [0, 0.1) is 5.41 Å². The van der Waals surface area contributed by atoms with Crippen LogP contribution in [0.4, 0.5) is 0 Å². The van der Waals surface area contributed by atoms with Crippen molar-refractivity contribution in [3.8, 4) is 0 Å². The first-order valence-corrected chi connectivity index (χ1v) is 7.16. The lowest BCUT2D eigenvalue weighted by atomic mass is 10.1. The lowest BCUT2D eigenvalue weighted by Gasteiger charge is -2.31. The van der Waals surface area contributed by atoms with E-state index in [1.165, 1.54) is 0 Å². The molecule has 0 spiro atoms. The molecule has 1 heterocycles. The molecule has 5 heteroatoms. The van der Waals surface area contributed by atoms with Gasteiger partial charge in [-0.25, -0.2) is 0 Å². The SMILES string of the molecule is CC1CCC(C)N1C(C)C(=O)NCC1(C(=O)O)CC1. The van der Waals surface area contributed by atoms with Crippen LogP contribution in [0.15, 0.2) is 0 Å². The first kappa shape index (κ1) is 14.3. The van der Waals surface area contributed by atoms with Crippen molar-refractivity contribution in [2.24, 2.45) is 5.41 Å². The number of carboxylic acid groups (broad SMARTS) is 1. The van der Waals surface area contributed by atoms with Gasteiger partial charge in [-0.1, -0.05) is 0 Å². The van der Waals surface area contributed by atoms with Crippen molar-refractivity contribution in [3.63, 3.8) is 0 Å². The molecule has 0 radical (unpaired) electrons. The maximum absolute atomic E-state index is 12.2. The van der Waals surface area contributed by atoms with Crippen LogP contribution in [0.25, 0.3) is 0 Å². The van der Waals surface area contributed by atoms with E-state index in [2.05, 4.69) is 24.1 Å². The molecule has 2 fully saturated rings. The predicted octanol–water partition coefficient (Wildman–Crippen LogP) is 1.23. The summed E-state index contributed by atoms with van der Waals surface area (Å²) < 4.78 is 0. The summed E-state index contributed by atoms with van der Waals surface area (Å²) >= 11 is 0. The molecule has 2 N–H and O–H groups in total. The molecule has 5 nitrogen and oxygen atoms in total. The van der Waals surface area contributed by atoms with Crippen LogP contribution in [-0.2, 0) is 9.59 Å². The number of rotatable bonds is 5. The van der Waals surface area contributed by atoms with Gasteiger partial charge in [-0.3, -0.25) is 14.5 Å². The normalized spacial score (nSPS) is 30.9. The van der Waals surface area contributed by atoms with E-state index in [1.807, 2.05) is 6.92 Å². The fourth-order valence-electron chi connectivity index (χ4n) is 3.13. The fraction of sp³-hybridized carbons (Fsp3) is 0.857. The number of carbonyl (C=O) groups excluding carboxylic acids is 1. The minimum atomic E-state index is -0.789. The molecule has 108 valence electrons. The molecule has 0 aromatic carbocycles. The van der Waals surface area contributed by atoms with E-state index >= 15 is 0 Å². The van der Waals surface area contributed by atoms with Gasteiger partial charge in [0.1, 0.15) is 0 Å². The zero-order valence-corrected chi connectivity index (χ0v) is 12.0. The topological polar surface area (TPSA) is 69.6 Å². The number of hydrogen-bond donors (Lipinski definition) is 2. The molecule has 2 aliphatic rings. The molecule has 2 rings (SSSR count). The zero-order chi connectivity index (χ0) is 14.2. The summed E-state index contributed by atoms with van der Waals surface area (Å²) in [7, 11) is 0. The molecule has 0 bridgehead atoms. The smallest absolute Gasteiger partial charge is 0.311 e. The van der Waals surface area contributed by atoms with Crippen molar-refractivity contribution in [1.82, 2.24) is 10.2 Å². The molecular formula is C14H24N2O3. The minimum absolute atomic E-state index is 0.0480. The monoisotopic (exact) mass is 268 g/mol. The molecule has 1 saturated carbocycles. The van der Waals surface area contributed by atoms with E-state index in [1.54, 1.807) is 0 Å². The summed E-state index contributed by atoms with van der Waals surface area (Å²) in [5, 5.41) is 11.9. The summed E-state index contributed by atoms with van der Waals surface area (Å²) in [6.07, 6.45) is 3.59. The van der Waals surface area contributed by atoms with Crippen molar-refractivity contribution < 1.29 is 14.7 Å². The van der Waals surface area contributed by atoms with Crippen LogP contribution in [0.5, 0.6) is 0 Å². The Bertz CT molecular complexity index is 369. The van der Waals surface area contributed by atoms with Crippen molar-refractivity contribution in [1.29, 1.82) is 0 Å². The molecule has 19 heavy (non-hydrogen) atoms. The van der Waals surface area contributed by atoms with Gasteiger partial charge < -0.3 is 10.4 Å². The number of carbonyl (C=O) groups is 2. The standard InChI is InChI=1S/C14H24N2O3/c1-9-4-5-10(2)16(9)11(3)12(17)15-8-14(6-7-14)13(18)19/h9-11H,4-8H2,1-3H3,(H,15,17)(H,18,19). The Morgan fingerprint density at radius 3 is 2.26 bits per heavy atom. The van der Waals surface area contributed by atoms with Gasteiger partial charge in [-0.05, 0) is 46.5 Å². The van der Waals surface area contributed by atoms with Gasteiger partial charge in [-0.15, -0.1) is 0 Å². The molecule has 1 saturated heterocycles. The number of aliphatic carboxylic acids is 1. The second kappa shape index (κ2) is 5.12. The molecule has 1 aliphatic carbocycles. The van der Waals surface area contributed by atoms with E-state index in [9.17, 15) is 9.59 Å². The van der Waals surface area contributed by atoms with Crippen LogP contribution in [-0.4, -0.2) is 46.6 Å². The number of likely N-dealkylation sites (tertiary alicyclic amines) is 1. The molecule has 3 unspecified atom stereocenters. The number of amides is 1. The van der Waals surface area contributed by atoms with Crippen molar-refractivity contribution in [2.75, 3.05) is 6.54 Å². The Hall–Kier alpha value is -1.10. The van der Waals surface area contributed by atoms with E-state index in [-0.39, 0.29) is 18.5 Å². The van der Waals surface area contributed by atoms with Crippen LogP contribution in [0.1, 0.15) is 46.5 Å². The van der Waals surface area contributed by atoms with Gasteiger partial charge >= 0.3 is 5.97 Å². The number of hydrogen-bond acceptors (Lipinski definition) is 3. The summed E-state index contributed by atoms with van der Waals surface area (Å²) in [5.74, 6) is -0.837. The van der Waals surface area contributed by atoms with Crippen molar-refractivity contribution >= 4 is 11.9 Å². The second-order valence-electron chi connectivity index (χ2n) is 6.20. The summed E-state index contributed by atoms with van der Waals surface area (Å²) in [4.78, 5) is 25.5. The fourth-order valence-corrected chi connectivity index (χ4v) is 3.13. The van der Waals surface area contributed by atoms with Crippen molar-refractivity contribution in [2.45, 2.75) is 64.6 Å². The van der Waals surface area contributed by atoms with Gasteiger partial charge in [0.2, 0.25) is 5.91 Å². The zero-order valence-electron chi connectivity index (χ0n) is 12.0. The Balaban J connectivity index is 1.88. The lowest BCUT2D eigenvalue weighted by Crippen LogP contribution is -2.50. The van der Waals surface area contributed by atoms with Gasteiger partial charge in [0.25, 0.3) is 0 Å². The highest BCUT2D eigenvalue weighted by atomic mass is 16.4. The Morgan fingerprint density at radius 2 is 1.84 bits per heavy atom. The Morgan fingerprint density at radius 1 is 1.32 bits per heavy atom. The van der Waals surface area contributed by atoms with E-state index in [0.717, 1.165) is 12.8 Å². The maximum atomic E-state index is 12.2. The summed E-state index contributed by atoms with van der Waals surface area (Å²) in [6.45, 7) is 6.47. The molecule has 0 aromatic rings. The molecule has 3 atom stereocenters. The number of carboxylic acids is 1. The third kappa shape index (κ3) is 2.76. The second-order valence-corrected chi connectivity index (χ2v) is 6.20. The summed E-state index contributed by atoms with van der Waals surface area (Å²) in [6, 6.07) is 0.660. The first-order valence-electron chi connectivity index (χ1n) is 7.16. The third-order valence-corrected chi connectivity index (χ3v) is 4.76. The predicted molar refractivity (Wildman–Crippen MR) is 71.8 cm³/mol. The number of nitrogens with zero attached hydrogens (tertiary/aromatic N) is 1. The Kier molecular flexibility index (Phi) is 3.85. The molecule has 1 amide bonds. The highest BCUT2D eigenvalue weighted by Crippen LogP contribution is 2.45. The van der Waals surface area contributed by atoms with E-state index < -0.39 is 11.4 Å². The molecular weight excluding hydrogens is 244 g/mol. The van der Waals surface area contributed by atoms with Crippen molar-refractivity contribution in [3.05, 3.63) is 0 Å². The highest BCUT2D eigenvalue weighted by Gasteiger charge is 2.50. The first-order chi connectivity index (χ1) is 8.87. The van der Waals surface area contributed by atoms with Gasteiger partial charge in [0.05, 0.1) is 11.5 Å². The van der Waals surface area contributed by atoms with Gasteiger partial charge in [0.15, 0.2) is 0 Å². The van der Waals surface area contributed by atoms with Gasteiger partial charge in [-0.2, -0.15) is 0 Å². The molecule has 1 aliphatic heterocycles. The minimum Gasteiger partial charge on any atom is -0.481 e. The number of nitrogens with one attached hydrogen (secondary N) is 1. The van der Waals surface area contributed by atoms with E-state index in [0.29, 0.717) is 24.9 Å². The third-order valence-electron chi connectivity index (χ3n) is 4.76. The average Bonchev–Trinajstić information content (AvgIpc) is 3.08. The van der Waals surface area contributed by atoms with Gasteiger partial charge in [0, 0.05) is 18.6 Å². The van der Waals surface area contributed by atoms with Crippen LogP contribution >= 0.6 is 0 Å².